The molecule has 11 heavy (non-hydrogen) atoms. The van der Waals surface area contributed by atoms with Gasteiger partial charge in [0.05, 0.1) is 6.20 Å². The van der Waals surface area contributed by atoms with Gasteiger partial charge in [-0.3, -0.25) is 9.78 Å². The molecule has 0 spiro atoms. The van der Waals surface area contributed by atoms with Crippen LogP contribution < -0.4 is 0 Å². The molecule has 5 nitrogen and oxygen atoms in total. The lowest BCUT2D eigenvalue weighted by atomic mass is 10.3. The number of Topliss-reactive ketones (excluding diaryl/α,β-unsaturated/α-hetero) is 1. The molecule has 0 amide bonds. The number of carboxylic acids is 1. The van der Waals surface area contributed by atoms with Crippen molar-refractivity contribution in [2.45, 2.75) is 0 Å². The number of aromatic nitrogens is 2. The van der Waals surface area contributed by atoms with Gasteiger partial charge >= 0.3 is 5.97 Å². The highest BCUT2D eigenvalue weighted by molar-refractivity contribution is 6.39. The number of hydrogen-bond acceptors (Lipinski definition) is 4. The van der Waals surface area contributed by atoms with Crippen LogP contribution in [-0.4, -0.2) is 26.8 Å². The maximum absolute atomic E-state index is 10.6. The van der Waals surface area contributed by atoms with Crippen LogP contribution in [0, 0.1) is 0 Å². The molecule has 1 aromatic heterocycles. The number of nitrogens with zero attached hydrogens (tertiary/aromatic N) is 2. The van der Waals surface area contributed by atoms with E-state index in [4.69, 9.17) is 5.11 Å². The highest BCUT2D eigenvalue weighted by Gasteiger charge is 2.14. The first-order valence-corrected chi connectivity index (χ1v) is 2.75. The first-order chi connectivity index (χ1) is 5.22. The van der Waals surface area contributed by atoms with E-state index in [1.54, 1.807) is 0 Å². The molecule has 0 fully saturated rings. The zero-order valence-corrected chi connectivity index (χ0v) is 5.39. The molecule has 0 aliphatic heterocycles. The average Bonchev–Trinajstić information content (AvgIpc) is 2.05. The van der Waals surface area contributed by atoms with E-state index in [0.717, 1.165) is 6.20 Å². The molecule has 0 saturated carbocycles. The van der Waals surface area contributed by atoms with Crippen molar-refractivity contribution in [1.82, 2.24) is 9.97 Å². The lowest BCUT2D eigenvalue weighted by Crippen LogP contribution is -2.14. The zero-order valence-electron chi connectivity index (χ0n) is 5.39. The molecular formula is C6H4N2O3. The van der Waals surface area contributed by atoms with E-state index in [-0.39, 0.29) is 5.69 Å². The molecule has 0 aliphatic carbocycles. The van der Waals surface area contributed by atoms with Crippen LogP contribution >= 0.6 is 0 Å². The maximum atomic E-state index is 10.6. The van der Waals surface area contributed by atoms with Crippen LogP contribution in [0.3, 0.4) is 0 Å². The molecule has 0 aromatic carbocycles. The standard InChI is InChI=1S/C6H4N2O3/c9-5(6(10)11)4-3-7-1-2-8-4/h1-3H,(H,10,11). The largest absolute Gasteiger partial charge is 0.475 e. The predicted molar refractivity (Wildman–Crippen MR) is 34.0 cm³/mol. The van der Waals surface area contributed by atoms with Gasteiger partial charge in [0.1, 0.15) is 5.69 Å². The summed E-state index contributed by atoms with van der Waals surface area (Å²) in [4.78, 5) is 27.8. The van der Waals surface area contributed by atoms with Gasteiger partial charge in [-0.2, -0.15) is 0 Å². The maximum Gasteiger partial charge on any atom is 0.378 e. The van der Waals surface area contributed by atoms with Gasteiger partial charge in [0.25, 0.3) is 5.78 Å². The second kappa shape index (κ2) is 2.87. The second-order valence-electron chi connectivity index (χ2n) is 1.72. The Kier molecular flexibility index (Phi) is 1.91. The summed E-state index contributed by atoms with van der Waals surface area (Å²) in [6.07, 6.45) is 3.73. The SMILES string of the molecule is O=C(O)C(=O)c1cnccn1. The Morgan fingerprint density at radius 3 is 2.55 bits per heavy atom. The molecular weight excluding hydrogens is 148 g/mol. The fourth-order valence-corrected chi connectivity index (χ4v) is 0.526. The first kappa shape index (κ1) is 7.33. The number of aliphatic carboxylic acids is 1. The summed E-state index contributed by atoms with van der Waals surface area (Å²) in [5.41, 5.74) is -0.153. The van der Waals surface area contributed by atoms with Crippen molar-refractivity contribution in [3.8, 4) is 0 Å². The predicted octanol–water partition coefficient (Wildman–Crippen LogP) is -0.256. The van der Waals surface area contributed by atoms with E-state index < -0.39 is 11.8 Å². The third kappa shape index (κ3) is 1.57. The topological polar surface area (TPSA) is 80.1 Å². The van der Waals surface area contributed by atoms with Crippen LogP contribution in [0.5, 0.6) is 0 Å². The van der Waals surface area contributed by atoms with E-state index in [0.29, 0.717) is 0 Å². The highest BCUT2D eigenvalue weighted by Crippen LogP contribution is 1.91. The van der Waals surface area contributed by atoms with Gasteiger partial charge in [0.2, 0.25) is 0 Å². The molecule has 5 heteroatoms. The Labute approximate surface area is 61.7 Å². The van der Waals surface area contributed by atoms with Gasteiger partial charge in [-0.1, -0.05) is 0 Å². The van der Waals surface area contributed by atoms with Crippen molar-refractivity contribution in [2.24, 2.45) is 0 Å². The van der Waals surface area contributed by atoms with E-state index in [1.165, 1.54) is 12.4 Å². The third-order valence-electron chi connectivity index (χ3n) is 0.990. The van der Waals surface area contributed by atoms with Crippen molar-refractivity contribution in [2.75, 3.05) is 0 Å². The van der Waals surface area contributed by atoms with Crippen LogP contribution in [0.15, 0.2) is 18.6 Å². The number of ketones is 1. The number of rotatable bonds is 2. The Morgan fingerprint density at radius 1 is 1.36 bits per heavy atom. The van der Waals surface area contributed by atoms with Crippen LogP contribution in [0.4, 0.5) is 0 Å². The molecule has 1 heterocycles. The lowest BCUT2D eigenvalue weighted by molar-refractivity contribution is -0.131. The van der Waals surface area contributed by atoms with Gasteiger partial charge in [-0.15, -0.1) is 0 Å². The van der Waals surface area contributed by atoms with Crippen LogP contribution in [0.1, 0.15) is 10.5 Å². The van der Waals surface area contributed by atoms with E-state index in [2.05, 4.69) is 9.97 Å². The van der Waals surface area contributed by atoms with Crippen molar-refractivity contribution in [3.05, 3.63) is 24.3 Å². The van der Waals surface area contributed by atoms with Crippen molar-refractivity contribution in [1.29, 1.82) is 0 Å². The number of carbonyl (C=O) groups is 2. The van der Waals surface area contributed by atoms with Gasteiger partial charge < -0.3 is 5.11 Å². The number of carbonyl (C=O) groups excluding carboxylic acids is 1. The van der Waals surface area contributed by atoms with Gasteiger partial charge in [0.15, 0.2) is 0 Å². The number of hydrogen-bond donors (Lipinski definition) is 1. The lowest BCUT2D eigenvalue weighted by Gasteiger charge is -1.90. The van der Waals surface area contributed by atoms with Crippen LogP contribution in [-0.2, 0) is 4.79 Å². The minimum Gasteiger partial charge on any atom is -0.475 e. The summed E-state index contributed by atoms with van der Waals surface area (Å²) in [6, 6.07) is 0. The van der Waals surface area contributed by atoms with Crippen molar-refractivity contribution >= 4 is 11.8 Å². The first-order valence-electron chi connectivity index (χ1n) is 2.75. The smallest absolute Gasteiger partial charge is 0.378 e. The minimum atomic E-state index is -1.52. The fraction of sp³-hybridized carbons (Fsp3) is 0. The highest BCUT2D eigenvalue weighted by atomic mass is 16.4. The molecule has 1 N–H and O–H groups in total. The molecule has 0 unspecified atom stereocenters. The second-order valence-corrected chi connectivity index (χ2v) is 1.72. The summed E-state index contributed by atoms with van der Waals surface area (Å²) in [5.74, 6) is -2.57. The van der Waals surface area contributed by atoms with Gasteiger partial charge in [-0.25, -0.2) is 9.78 Å². The Bertz CT molecular complexity index is 283. The average molecular weight is 152 g/mol. The number of carboxylic acid groups (broad SMARTS) is 1. The van der Waals surface area contributed by atoms with Crippen LogP contribution in [0.2, 0.25) is 0 Å². The molecule has 0 bridgehead atoms. The Hall–Kier alpha value is -1.78. The Balaban J connectivity index is 2.95. The summed E-state index contributed by atoms with van der Waals surface area (Å²) in [6.45, 7) is 0. The quantitative estimate of drug-likeness (QED) is 0.466. The third-order valence-corrected chi connectivity index (χ3v) is 0.990. The molecule has 1 rings (SSSR count). The fourth-order valence-electron chi connectivity index (χ4n) is 0.526. The summed E-state index contributed by atoms with van der Waals surface area (Å²) < 4.78 is 0. The van der Waals surface area contributed by atoms with Crippen molar-refractivity contribution < 1.29 is 14.7 Å². The normalized spacial score (nSPS) is 9.09. The molecule has 0 atom stereocenters. The Morgan fingerprint density at radius 2 is 2.09 bits per heavy atom. The van der Waals surface area contributed by atoms with Gasteiger partial charge in [0, 0.05) is 12.4 Å². The zero-order chi connectivity index (χ0) is 8.27. The molecule has 0 aliphatic rings. The molecule has 1 aromatic rings. The molecule has 0 radical (unpaired) electrons. The van der Waals surface area contributed by atoms with E-state index >= 15 is 0 Å². The summed E-state index contributed by atoms with van der Waals surface area (Å²) in [7, 11) is 0. The van der Waals surface area contributed by atoms with E-state index in [1.807, 2.05) is 0 Å². The van der Waals surface area contributed by atoms with Crippen molar-refractivity contribution in [3.63, 3.8) is 0 Å². The minimum absolute atomic E-state index is 0.153. The van der Waals surface area contributed by atoms with Crippen LogP contribution in [0.25, 0.3) is 0 Å². The monoisotopic (exact) mass is 152 g/mol. The van der Waals surface area contributed by atoms with E-state index in [9.17, 15) is 9.59 Å². The van der Waals surface area contributed by atoms with Gasteiger partial charge in [-0.05, 0) is 0 Å². The molecule has 56 valence electrons. The summed E-state index contributed by atoms with van der Waals surface area (Å²) >= 11 is 0. The summed E-state index contributed by atoms with van der Waals surface area (Å²) in [5, 5.41) is 8.22. The molecule has 0 saturated heterocycles.